The minimum atomic E-state index is -1.34. The van der Waals surface area contributed by atoms with E-state index in [9.17, 15) is 14.7 Å². The monoisotopic (exact) mass is 548 g/mol. The molecule has 0 bridgehead atoms. The van der Waals surface area contributed by atoms with Gasteiger partial charge in [-0.25, -0.2) is 9.18 Å². The first-order valence-electron chi connectivity index (χ1n) is 13.2. The normalized spacial score (nSPS) is 11.7. The van der Waals surface area contributed by atoms with Crippen LogP contribution >= 0.6 is 0 Å². The van der Waals surface area contributed by atoms with E-state index in [1.807, 2.05) is 103 Å². The molecule has 0 saturated carbocycles. The van der Waals surface area contributed by atoms with Gasteiger partial charge in [0, 0.05) is 28.4 Å². The molecule has 0 radical (unpaired) electrons. The van der Waals surface area contributed by atoms with E-state index in [0.717, 1.165) is 22.4 Å². The van der Waals surface area contributed by atoms with Crippen LogP contribution in [0.25, 0.3) is 11.1 Å². The molecule has 0 aliphatic rings. The predicted octanol–water partition coefficient (Wildman–Crippen LogP) is 6.45. The number of nitrogens with zero attached hydrogens (tertiary/aromatic N) is 2. The molecule has 206 valence electrons. The fraction of sp³-hybridized carbons (Fsp3) is 0.121. The van der Waals surface area contributed by atoms with Crippen LogP contribution in [-0.2, 0) is 11.3 Å². The highest BCUT2D eigenvalue weighted by Gasteiger charge is 2.32. The summed E-state index contributed by atoms with van der Waals surface area (Å²) in [5, 5.41) is 19.1. The number of anilines is 1. The Labute approximate surface area is 237 Å². The van der Waals surface area contributed by atoms with Crippen molar-refractivity contribution in [2.45, 2.75) is 25.4 Å². The molecule has 2 amide bonds. The van der Waals surface area contributed by atoms with Gasteiger partial charge in [0.2, 0.25) is 5.91 Å². The van der Waals surface area contributed by atoms with Gasteiger partial charge in [-0.1, -0.05) is 91.0 Å². The van der Waals surface area contributed by atoms with Crippen molar-refractivity contribution in [2.24, 2.45) is 0 Å². The van der Waals surface area contributed by atoms with Crippen LogP contribution in [0.4, 0.5) is 14.9 Å². The van der Waals surface area contributed by atoms with Crippen LogP contribution in [0.15, 0.2) is 115 Å². The molecule has 1 unspecified atom stereocenters. The van der Waals surface area contributed by atoms with Crippen molar-refractivity contribution < 1.29 is 19.1 Å². The number of aromatic nitrogens is 2. The van der Waals surface area contributed by atoms with Gasteiger partial charge in [-0.2, -0.15) is 5.10 Å². The Bertz CT molecular complexity index is 1600. The molecular weight excluding hydrogens is 519 g/mol. The van der Waals surface area contributed by atoms with Gasteiger partial charge in [0.1, 0.15) is 11.9 Å². The van der Waals surface area contributed by atoms with Crippen LogP contribution in [-0.4, -0.2) is 32.9 Å². The fourth-order valence-corrected chi connectivity index (χ4v) is 4.99. The number of hydrogen-bond acceptors (Lipinski definition) is 3. The number of nitrogens with one attached hydrogen (secondary N) is 2. The number of carbonyl (C=O) groups excluding carboxylic acids is 1. The van der Waals surface area contributed by atoms with Gasteiger partial charge in [-0.05, 0) is 41.8 Å². The smallest absolute Gasteiger partial charge is 0.405 e. The minimum absolute atomic E-state index is 0.211. The van der Waals surface area contributed by atoms with Crippen LogP contribution in [0.3, 0.4) is 0 Å². The van der Waals surface area contributed by atoms with E-state index in [0.29, 0.717) is 17.7 Å². The molecule has 3 N–H and O–H groups in total. The lowest BCUT2D eigenvalue weighted by atomic mass is 9.84. The van der Waals surface area contributed by atoms with E-state index in [1.165, 1.54) is 6.07 Å². The van der Waals surface area contributed by atoms with E-state index in [2.05, 4.69) is 15.7 Å². The first kappa shape index (κ1) is 27.3. The van der Waals surface area contributed by atoms with Crippen molar-refractivity contribution in [1.82, 2.24) is 15.1 Å². The Balaban J connectivity index is 1.40. The van der Waals surface area contributed by atoms with Crippen LogP contribution in [0, 0.1) is 12.7 Å². The largest absolute Gasteiger partial charge is 0.465 e. The molecule has 1 atom stereocenters. The molecule has 0 saturated heterocycles. The van der Waals surface area contributed by atoms with E-state index in [-0.39, 0.29) is 5.69 Å². The van der Waals surface area contributed by atoms with Crippen LogP contribution in [0.5, 0.6) is 0 Å². The molecule has 0 aliphatic heterocycles. The predicted molar refractivity (Wildman–Crippen MR) is 156 cm³/mol. The average Bonchev–Trinajstić information content (AvgIpc) is 3.33. The molecule has 5 rings (SSSR count). The number of carbonyl (C=O) groups is 2. The minimum Gasteiger partial charge on any atom is -0.465 e. The quantitative estimate of drug-likeness (QED) is 0.197. The van der Waals surface area contributed by atoms with Crippen molar-refractivity contribution in [2.75, 3.05) is 5.32 Å². The summed E-state index contributed by atoms with van der Waals surface area (Å²) in [7, 11) is 0. The van der Waals surface area contributed by atoms with Gasteiger partial charge in [-0.15, -0.1) is 0 Å². The van der Waals surface area contributed by atoms with Gasteiger partial charge in [-0.3, -0.25) is 9.48 Å². The standard InChI is InChI=1S/C33H29FN4O3/c1-22-28(20-35-38(22)21-23-11-5-2-6-12-23)27-18-17-26(19-29(27)34)36-32(39)31(37-33(40)41)30(24-13-7-3-8-14-24)25-15-9-4-10-16-25/h2-20,30-31,37H,21H2,1H3,(H,36,39)(H,40,41). The van der Waals surface area contributed by atoms with E-state index in [4.69, 9.17) is 0 Å². The second-order valence-corrected chi connectivity index (χ2v) is 9.70. The van der Waals surface area contributed by atoms with Crippen molar-refractivity contribution >= 4 is 17.7 Å². The number of carboxylic acid groups (broad SMARTS) is 1. The van der Waals surface area contributed by atoms with Gasteiger partial charge in [0.15, 0.2) is 0 Å². The number of benzene rings is 4. The molecule has 41 heavy (non-hydrogen) atoms. The summed E-state index contributed by atoms with van der Waals surface area (Å²) >= 11 is 0. The van der Waals surface area contributed by atoms with Crippen LogP contribution in [0.1, 0.15) is 28.3 Å². The van der Waals surface area contributed by atoms with Crippen LogP contribution in [0.2, 0.25) is 0 Å². The van der Waals surface area contributed by atoms with Crippen molar-refractivity contribution in [3.05, 3.63) is 144 Å². The Hall–Kier alpha value is -5.24. The van der Waals surface area contributed by atoms with Crippen molar-refractivity contribution in [3.8, 4) is 11.1 Å². The summed E-state index contributed by atoms with van der Waals surface area (Å²) in [5.74, 6) is -1.75. The Morgan fingerprint density at radius 2 is 1.44 bits per heavy atom. The second kappa shape index (κ2) is 12.3. The number of amides is 2. The third-order valence-corrected chi connectivity index (χ3v) is 7.02. The summed E-state index contributed by atoms with van der Waals surface area (Å²) in [6.07, 6.45) is 0.290. The number of halogens is 1. The zero-order valence-electron chi connectivity index (χ0n) is 22.4. The highest BCUT2D eigenvalue weighted by Crippen LogP contribution is 2.31. The number of hydrogen-bond donors (Lipinski definition) is 3. The van der Waals surface area contributed by atoms with E-state index < -0.39 is 29.8 Å². The van der Waals surface area contributed by atoms with Crippen LogP contribution < -0.4 is 10.6 Å². The molecular formula is C33H29FN4O3. The van der Waals surface area contributed by atoms with Gasteiger partial charge >= 0.3 is 6.09 Å². The highest BCUT2D eigenvalue weighted by molar-refractivity contribution is 5.97. The maximum absolute atomic E-state index is 15.4. The zero-order valence-corrected chi connectivity index (χ0v) is 22.4. The lowest BCUT2D eigenvalue weighted by Gasteiger charge is -2.27. The van der Waals surface area contributed by atoms with Gasteiger partial charge < -0.3 is 15.7 Å². The van der Waals surface area contributed by atoms with Gasteiger partial charge in [0.25, 0.3) is 0 Å². The maximum atomic E-state index is 15.4. The highest BCUT2D eigenvalue weighted by atomic mass is 19.1. The Kier molecular flexibility index (Phi) is 8.20. The summed E-state index contributed by atoms with van der Waals surface area (Å²) in [6.45, 7) is 2.44. The average molecular weight is 549 g/mol. The third-order valence-electron chi connectivity index (χ3n) is 7.02. The summed E-state index contributed by atoms with van der Waals surface area (Å²) in [4.78, 5) is 25.3. The van der Waals surface area contributed by atoms with E-state index >= 15 is 4.39 Å². The number of rotatable bonds is 9. The molecule has 1 aromatic heterocycles. The molecule has 5 aromatic rings. The SMILES string of the molecule is Cc1c(-c2ccc(NC(=O)C(NC(=O)O)C(c3ccccc3)c3ccccc3)cc2F)cnn1Cc1ccccc1. The third kappa shape index (κ3) is 6.33. The second-order valence-electron chi connectivity index (χ2n) is 9.70. The van der Waals surface area contributed by atoms with Crippen molar-refractivity contribution in [1.29, 1.82) is 0 Å². The summed E-state index contributed by atoms with van der Waals surface area (Å²) in [5.41, 5.74) is 4.62. The molecule has 1 heterocycles. The molecule has 0 fully saturated rings. The molecule has 0 spiro atoms. The summed E-state index contributed by atoms with van der Waals surface area (Å²) < 4.78 is 17.2. The lowest BCUT2D eigenvalue weighted by Crippen LogP contribution is -2.47. The molecule has 4 aromatic carbocycles. The maximum Gasteiger partial charge on any atom is 0.405 e. The summed E-state index contributed by atoms with van der Waals surface area (Å²) in [6, 6.07) is 31.5. The lowest BCUT2D eigenvalue weighted by molar-refractivity contribution is -0.118. The Morgan fingerprint density at radius 1 is 0.854 bits per heavy atom. The molecule has 8 heteroatoms. The van der Waals surface area contributed by atoms with E-state index in [1.54, 1.807) is 18.3 Å². The van der Waals surface area contributed by atoms with Gasteiger partial charge in [0.05, 0.1) is 12.7 Å². The Morgan fingerprint density at radius 3 is 2.00 bits per heavy atom. The van der Waals surface area contributed by atoms with Crippen molar-refractivity contribution in [3.63, 3.8) is 0 Å². The molecule has 0 aliphatic carbocycles. The molecule has 7 nitrogen and oxygen atoms in total. The first-order chi connectivity index (χ1) is 19.9. The fourth-order valence-electron chi connectivity index (χ4n) is 4.99. The zero-order chi connectivity index (χ0) is 28.8. The topological polar surface area (TPSA) is 96.2 Å². The first-order valence-corrected chi connectivity index (χ1v) is 13.2.